The summed E-state index contributed by atoms with van der Waals surface area (Å²) in [4.78, 5) is 32.3. The number of thiazole rings is 1. The first-order chi connectivity index (χ1) is 12.1. The van der Waals surface area contributed by atoms with E-state index in [0.717, 1.165) is 23.8 Å². The molecule has 1 saturated heterocycles. The molecular formula is C17H21N5O2S. The number of piperazine rings is 1. The molecule has 3 rings (SSSR count). The van der Waals surface area contributed by atoms with E-state index in [1.807, 2.05) is 40.6 Å². The third-order valence-corrected chi connectivity index (χ3v) is 5.05. The summed E-state index contributed by atoms with van der Waals surface area (Å²) in [5.74, 6) is 0.0152. The molecule has 0 bridgehead atoms. The van der Waals surface area contributed by atoms with Crippen LogP contribution in [-0.4, -0.2) is 48.0 Å². The molecule has 0 aliphatic carbocycles. The summed E-state index contributed by atoms with van der Waals surface area (Å²) >= 11 is 1.60. The molecule has 0 radical (unpaired) electrons. The molecule has 0 spiro atoms. The van der Waals surface area contributed by atoms with Crippen molar-refractivity contribution in [3.8, 4) is 0 Å². The Balaban J connectivity index is 1.59. The molecule has 132 valence electrons. The summed E-state index contributed by atoms with van der Waals surface area (Å²) in [7, 11) is 0. The number of hydrogen-bond acceptors (Lipinski definition) is 5. The number of amides is 3. The molecule has 25 heavy (non-hydrogen) atoms. The number of carbonyl (C=O) groups is 2. The molecule has 3 amide bonds. The number of hydrogen-bond donors (Lipinski definition) is 2. The van der Waals surface area contributed by atoms with E-state index in [4.69, 9.17) is 5.73 Å². The molecule has 7 nitrogen and oxygen atoms in total. The van der Waals surface area contributed by atoms with E-state index < -0.39 is 12.1 Å². The van der Waals surface area contributed by atoms with Gasteiger partial charge in [-0.3, -0.25) is 4.79 Å². The first-order valence-electron chi connectivity index (χ1n) is 8.16. The average Bonchev–Trinajstić information content (AvgIpc) is 3.16. The van der Waals surface area contributed by atoms with Crippen LogP contribution in [0.3, 0.4) is 0 Å². The van der Waals surface area contributed by atoms with Gasteiger partial charge in [-0.2, -0.15) is 0 Å². The Kier molecular flexibility index (Phi) is 5.49. The van der Waals surface area contributed by atoms with Gasteiger partial charge in [0.25, 0.3) is 0 Å². The van der Waals surface area contributed by atoms with E-state index in [2.05, 4.69) is 15.2 Å². The second-order valence-corrected chi connectivity index (χ2v) is 6.73. The van der Waals surface area contributed by atoms with Crippen molar-refractivity contribution in [2.24, 2.45) is 5.73 Å². The van der Waals surface area contributed by atoms with E-state index in [1.54, 1.807) is 17.5 Å². The second kappa shape index (κ2) is 7.98. The van der Waals surface area contributed by atoms with Crippen LogP contribution < -0.4 is 16.0 Å². The first kappa shape index (κ1) is 17.2. The molecule has 0 saturated carbocycles. The Morgan fingerprint density at radius 2 is 1.92 bits per heavy atom. The quantitative estimate of drug-likeness (QED) is 0.848. The topological polar surface area (TPSA) is 91.6 Å². The highest BCUT2D eigenvalue weighted by atomic mass is 32.1. The molecule has 1 aromatic heterocycles. The largest absolute Gasteiger partial charge is 0.352 e. The van der Waals surface area contributed by atoms with Gasteiger partial charge in [0.15, 0.2) is 5.13 Å². The summed E-state index contributed by atoms with van der Waals surface area (Å²) in [6.45, 7) is 2.82. The van der Waals surface area contributed by atoms with Crippen molar-refractivity contribution in [3.05, 3.63) is 47.5 Å². The molecular weight excluding hydrogens is 338 g/mol. The van der Waals surface area contributed by atoms with E-state index in [9.17, 15) is 9.59 Å². The van der Waals surface area contributed by atoms with Gasteiger partial charge in [0, 0.05) is 37.8 Å². The zero-order valence-corrected chi connectivity index (χ0v) is 14.6. The molecule has 3 N–H and O–H groups in total. The van der Waals surface area contributed by atoms with Crippen molar-refractivity contribution in [2.75, 3.05) is 31.1 Å². The van der Waals surface area contributed by atoms with Gasteiger partial charge in [0.1, 0.15) is 0 Å². The van der Waals surface area contributed by atoms with Gasteiger partial charge in [-0.1, -0.05) is 30.3 Å². The summed E-state index contributed by atoms with van der Waals surface area (Å²) in [5, 5.41) is 5.61. The predicted octanol–water partition coefficient (Wildman–Crippen LogP) is 1.59. The molecule has 1 fully saturated rings. The third-order valence-electron chi connectivity index (χ3n) is 4.22. The zero-order chi connectivity index (χ0) is 17.6. The minimum atomic E-state index is -0.629. The Morgan fingerprint density at radius 3 is 2.52 bits per heavy atom. The minimum Gasteiger partial charge on any atom is -0.352 e. The smallest absolute Gasteiger partial charge is 0.312 e. The Labute approximate surface area is 150 Å². The predicted molar refractivity (Wildman–Crippen MR) is 97.4 cm³/mol. The number of benzene rings is 1. The van der Waals surface area contributed by atoms with Crippen molar-refractivity contribution in [1.29, 1.82) is 0 Å². The van der Waals surface area contributed by atoms with Crippen LogP contribution in [0, 0.1) is 0 Å². The molecule has 2 aromatic rings. The van der Waals surface area contributed by atoms with E-state index in [0.29, 0.717) is 13.1 Å². The van der Waals surface area contributed by atoms with E-state index in [1.165, 1.54) is 0 Å². The fourth-order valence-corrected chi connectivity index (χ4v) is 3.63. The van der Waals surface area contributed by atoms with Gasteiger partial charge in [-0.15, -0.1) is 11.3 Å². The molecule has 2 heterocycles. The molecule has 1 unspecified atom stereocenters. The van der Waals surface area contributed by atoms with Crippen LogP contribution in [0.1, 0.15) is 18.0 Å². The number of aromatic nitrogens is 1. The Hall–Kier alpha value is -2.61. The van der Waals surface area contributed by atoms with Crippen LogP contribution in [0.2, 0.25) is 0 Å². The fraction of sp³-hybridized carbons (Fsp3) is 0.353. The monoisotopic (exact) mass is 359 g/mol. The highest BCUT2D eigenvalue weighted by molar-refractivity contribution is 7.13. The van der Waals surface area contributed by atoms with Crippen molar-refractivity contribution in [2.45, 2.75) is 12.5 Å². The van der Waals surface area contributed by atoms with E-state index in [-0.39, 0.29) is 12.3 Å². The van der Waals surface area contributed by atoms with E-state index >= 15 is 0 Å². The number of rotatable bonds is 5. The van der Waals surface area contributed by atoms with Crippen molar-refractivity contribution < 1.29 is 9.59 Å². The van der Waals surface area contributed by atoms with Crippen LogP contribution >= 0.6 is 11.3 Å². The minimum absolute atomic E-state index is 0.0152. The molecule has 1 aliphatic rings. The summed E-state index contributed by atoms with van der Waals surface area (Å²) < 4.78 is 0. The Morgan fingerprint density at radius 1 is 1.20 bits per heavy atom. The van der Waals surface area contributed by atoms with Crippen LogP contribution in [0.15, 0.2) is 41.9 Å². The first-order valence-corrected chi connectivity index (χ1v) is 9.04. The highest BCUT2D eigenvalue weighted by Crippen LogP contribution is 2.21. The molecule has 1 aliphatic heterocycles. The van der Waals surface area contributed by atoms with Crippen molar-refractivity contribution in [3.63, 3.8) is 0 Å². The lowest BCUT2D eigenvalue weighted by molar-refractivity contribution is -0.132. The SMILES string of the molecule is NC(=O)NC(CC(=O)N1CCN(c2nccs2)CC1)c1ccccc1. The highest BCUT2D eigenvalue weighted by Gasteiger charge is 2.25. The number of nitrogens with one attached hydrogen (secondary N) is 1. The maximum Gasteiger partial charge on any atom is 0.312 e. The lowest BCUT2D eigenvalue weighted by Gasteiger charge is -2.35. The Bertz CT molecular complexity index is 699. The van der Waals surface area contributed by atoms with Gasteiger partial charge in [0.05, 0.1) is 12.5 Å². The van der Waals surface area contributed by atoms with Gasteiger partial charge >= 0.3 is 6.03 Å². The summed E-state index contributed by atoms with van der Waals surface area (Å²) in [6.07, 6.45) is 1.99. The average molecular weight is 359 g/mol. The lowest BCUT2D eigenvalue weighted by atomic mass is 10.0. The molecule has 1 atom stereocenters. The van der Waals surface area contributed by atoms with Gasteiger partial charge in [-0.05, 0) is 5.56 Å². The number of urea groups is 1. The van der Waals surface area contributed by atoms with Crippen LogP contribution in [-0.2, 0) is 4.79 Å². The number of nitrogens with two attached hydrogens (primary N) is 1. The number of anilines is 1. The lowest BCUT2D eigenvalue weighted by Crippen LogP contribution is -2.49. The standard InChI is InChI=1S/C17H21N5O2S/c18-16(24)20-14(13-4-2-1-3-5-13)12-15(23)21-7-9-22(10-8-21)17-19-6-11-25-17/h1-6,11,14H,7-10,12H2,(H3,18,20,24). The zero-order valence-electron chi connectivity index (χ0n) is 13.8. The maximum absolute atomic E-state index is 12.7. The number of nitrogens with zero attached hydrogens (tertiary/aromatic N) is 3. The normalized spacial score (nSPS) is 15.7. The van der Waals surface area contributed by atoms with Crippen LogP contribution in [0.4, 0.5) is 9.93 Å². The van der Waals surface area contributed by atoms with Gasteiger partial charge in [-0.25, -0.2) is 9.78 Å². The van der Waals surface area contributed by atoms with Crippen LogP contribution in [0.5, 0.6) is 0 Å². The summed E-state index contributed by atoms with van der Waals surface area (Å²) in [6, 6.07) is 8.37. The van der Waals surface area contributed by atoms with Gasteiger partial charge < -0.3 is 20.9 Å². The summed E-state index contributed by atoms with van der Waals surface area (Å²) in [5.41, 5.74) is 6.14. The number of primary amides is 1. The second-order valence-electron chi connectivity index (χ2n) is 5.86. The maximum atomic E-state index is 12.7. The van der Waals surface area contributed by atoms with Crippen LogP contribution in [0.25, 0.3) is 0 Å². The molecule has 8 heteroatoms. The molecule has 1 aromatic carbocycles. The van der Waals surface area contributed by atoms with Crippen molar-refractivity contribution in [1.82, 2.24) is 15.2 Å². The van der Waals surface area contributed by atoms with Crippen molar-refractivity contribution >= 4 is 28.4 Å². The van der Waals surface area contributed by atoms with Gasteiger partial charge in [0.2, 0.25) is 5.91 Å². The number of carbonyl (C=O) groups excluding carboxylic acids is 2. The fourth-order valence-electron chi connectivity index (χ4n) is 2.93. The third kappa shape index (κ3) is 4.48.